The van der Waals surface area contributed by atoms with E-state index in [-0.39, 0.29) is 0 Å². The standard InChI is InChI=1S/C14H15BrO3/c1-8-5-9-6-11(16-2)12(17-3)7-10(9)14(18-4)13(8)15/h5-7H,1-4H3. The van der Waals surface area contributed by atoms with Crippen LogP contribution in [0.25, 0.3) is 10.8 Å². The Kier molecular flexibility index (Phi) is 3.66. The molecule has 0 amide bonds. The fraction of sp³-hybridized carbons (Fsp3) is 0.286. The van der Waals surface area contributed by atoms with Crippen LogP contribution in [0.15, 0.2) is 22.7 Å². The van der Waals surface area contributed by atoms with Gasteiger partial charge in [0.15, 0.2) is 11.5 Å². The van der Waals surface area contributed by atoms with Gasteiger partial charge in [-0.2, -0.15) is 0 Å². The molecule has 0 unspecified atom stereocenters. The first kappa shape index (κ1) is 13.0. The number of aryl methyl sites for hydroxylation is 1. The predicted molar refractivity (Wildman–Crippen MR) is 76.0 cm³/mol. The van der Waals surface area contributed by atoms with Crippen molar-refractivity contribution in [3.63, 3.8) is 0 Å². The van der Waals surface area contributed by atoms with Crippen molar-refractivity contribution in [1.82, 2.24) is 0 Å². The van der Waals surface area contributed by atoms with Gasteiger partial charge in [0.05, 0.1) is 25.8 Å². The number of benzene rings is 2. The molecule has 2 rings (SSSR count). The summed E-state index contributed by atoms with van der Waals surface area (Å²) in [7, 11) is 4.92. The molecular weight excluding hydrogens is 296 g/mol. The summed E-state index contributed by atoms with van der Waals surface area (Å²) in [5.74, 6) is 2.22. The average molecular weight is 311 g/mol. The van der Waals surface area contributed by atoms with Gasteiger partial charge in [-0.3, -0.25) is 0 Å². The van der Waals surface area contributed by atoms with Gasteiger partial charge < -0.3 is 14.2 Å². The molecule has 0 aliphatic carbocycles. The third kappa shape index (κ3) is 2.01. The van der Waals surface area contributed by atoms with E-state index in [1.165, 1.54) is 0 Å². The molecule has 96 valence electrons. The maximum atomic E-state index is 5.47. The molecule has 0 saturated heterocycles. The molecule has 4 heteroatoms. The van der Waals surface area contributed by atoms with Gasteiger partial charge in [0.2, 0.25) is 0 Å². The molecule has 0 heterocycles. The highest BCUT2D eigenvalue weighted by molar-refractivity contribution is 9.10. The SMILES string of the molecule is COc1cc2cc(C)c(Br)c(OC)c2cc1OC. The summed E-state index contributed by atoms with van der Waals surface area (Å²) in [6.07, 6.45) is 0. The minimum Gasteiger partial charge on any atom is -0.495 e. The van der Waals surface area contributed by atoms with Gasteiger partial charge in [0.1, 0.15) is 5.75 Å². The van der Waals surface area contributed by atoms with Gasteiger partial charge >= 0.3 is 0 Å². The fourth-order valence-electron chi connectivity index (χ4n) is 2.00. The normalized spacial score (nSPS) is 10.5. The predicted octanol–water partition coefficient (Wildman–Crippen LogP) is 3.94. The molecule has 0 aliphatic rings. The van der Waals surface area contributed by atoms with Gasteiger partial charge in [0, 0.05) is 5.39 Å². The van der Waals surface area contributed by atoms with Crippen molar-refractivity contribution >= 4 is 26.7 Å². The molecular formula is C14H15BrO3. The van der Waals surface area contributed by atoms with Crippen LogP contribution in [0, 0.1) is 6.92 Å². The van der Waals surface area contributed by atoms with Crippen molar-refractivity contribution < 1.29 is 14.2 Å². The van der Waals surface area contributed by atoms with Crippen LogP contribution in [-0.2, 0) is 0 Å². The lowest BCUT2D eigenvalue weighted by Crippen LogP contribution is -1.94. The number of methoxy groups -OCH3 is 3. The molecule has 0 spiro atoms. The fourth-order valence-corrected chi connectivity index (χ4v) is 2.49. The summed E-state index contributed by atoms with van der Waals surface area (Å²) in [4.78, 5) is 0. The topological polar surface area (TPSA) is 27.7 Å². The summed E-state index contributed by atoms with van der Waals surface area (Å²) in [5, 5.41) is 2.05. The van der Waals surface area contributed by atoms with Crippen LogP contribution in [-0.4, -0.2) is 21.3 Å². The molecule has 0 aromatic heterocycles. The van der Waals surface area contributed by atoms with Crippen LogP contribution >= 0.6 is 15.9 Å². The van der Waals surface area contributed by atoms with E-state index >= 15 is 0 Å². The van der Waals surface area contributed by atoms with Crippen LogP contribution in [0.2, 0.25) is 0 Å². The van der Waals surface area contributed by atoms with Crippen molar-refractivity contribution in [3.8, 4) is 17.2 Å². The highest BCUT2D eigenvalue weighted by Gasteiger charge is 2.13. The Morgan fingerprint density at radius 3 is 2.06 bits per heavy atom. The summed E-state index contributed by atoms with van der Waals surface area (Å²) in [6, 6.07) is 5.97. The van der Waals surface area contributed by atoms with E-state index in [1.54, 1.807) is 21.3 Å². The Bertz CT molecular complexity index is 593. The first-order valence-electron chi connectivity index (χ1n) is 5.51. The van der Waals surface area contributed by atoms with Crippen molar-refractivity contribution in [3.05, 3.63) is 28.2 Å². The first-order valence-corrected chi connectivity index (χ1v) is 6.30. The summed E-state index contributed by atoms with van der Waals surface area (Å²) >= 11 is 3.55. The Labute approximate surface area is 115 Å². The Balaban J connectivity index is 2.84. The lowest BCUT2D eigenvalue weighted by atomic mass is 10.1. The molecule has 0 fully saturated rings. The van der Waals surface area contributed by atoms with Crippen LogP contribution < -0.4 is 14.2 Å². The van der Waals surface area contributed by atoms with Crippen LogP contribution in [0.1, 0.15) is 5.56 Å². The summed E-state index contributed by atoms with van der Waals surface area (Å²) < 4.78 is 17.1. The number of rotatable bonds is 3. The molecule has 0 radical (unpaired) electrons. The molecule has 18 heavy (non-hydrogen) atoms. The number of hydrogen-bond donors (Lipinski definition) is 0. The minimum absolute atomic E-state index is 0.694. The number of hydrogen-bond acceptors (Lipinski definition) is 3. The number of ether oxygens (including phenoxy) is 3. The van der Waals surface area contributed by atoms with Crippen LogP contribution in [0.5, 0.6) is 17.2 Å². The third-order valence-electron chi connectivity index (χ3n) is 2.92. The zero-order valence-electron chi connectivity index (χ0n) is 10.8. The molecule has 2 aromatic carbocycles. The van der Waals surface area contributed by atoms with Crippen LogP contribution in [0.4, 0.5) is 0 Å². The third-order valence-corrected chi connectivity index (χ3v) is 3.91. The van der Waals surface area contributed by atoms with Gasteiger partial charge in [-0.05, 0) is 52.0 Å². The largest absolute Gasteiger partial charge is 0.495 e. The highest BCUT2D eigenvalue weighted by atomic mass is 79.9. The highest BCUT2D eigenvalue weighted by Crippen LogP contribution is 2.41. The second kappa shape index (κ2) is 5.06. The molecule has 0 atom stereocenters. The molecule has 0 N–H and O–H groups in total. The maximum Gasteiger partial charge on any atom is 0.161 e. The molecule has 0 saturated carbocycles. The van der Waals surface area contributed by atoms with Gasteiger partial charge in [-0.1, -0.05) is 0 Å². The minimum atomic E-state index is 0.694. The second-order valence-electron chi connectivity index (χ2n) is 3.97. The van der Waals surface area contributed by atoms with E-state index in [0.29, 0.717) is 11.5 Å². The van der Waals surface area contributed by atoms with E-state index in [1.807, 2.05) is 19.1 Å². The Hall–Kier alpha value is -1.42. The van der Waals surface area contributed by atoms with E-state index in [4.69, 9.17) is 14.2 Å². The van der Waals surface area contributed by atoms with Crippen LogP contribution in [0.3, 0.4) is 0 Å². The quantitative estimate of drug-likeness (QED) is 0.859. The van der Waals surface area contributed by atoms with Crippen molar-refractivity contribution in [1.29, 1.82) is 0 Å². The van der Waals surface area contributed by atoms with Gasteiger partial charge in [-0.25, -0.2) is 0 Å². The van der Waals surface area contributed by atoms with E-state index in [0.717, 1.165) is 26.6 Å². The average Bonchev–Trinajstić information content (AvgIpc) is 2.39. The lowest BCUT2D eigenvalue weighted by molar-refractivity contribution is 0.355. The summed E-state index contributed by atoms with van der Waals surface area (Å²) in [5.41, 5.74) is 1.12. The zero-order valence-corrected chi connectivity index (χ0v) is 12.4. The van der Waals surface area contributed by atoms with Crippen molar-refractivity contribution in [2.24, 2.45) is 0 Å². The van der Waals surface area contributed by atoms with Gasteiger partial charge in [0.25, 0.3) is 0 Å². The summed E-state index contributed by atoms with van der Waals surface area (Å²) in [6.45, 7) is 2.03. The molecule has 3 nitrogen and oxygen atoms in total. The van der Waals surface area contributed by atoms with Crippen molar-refractivity contribution in [2.45, 2.75) is 6.92 Å². The number of halogens is 1. The molecule has 0 bridgehead atoms. The first-order chi connectivity index (χ1) is 8.62. The Morgan fingerprint density at radius 2 is 1.50 bits per heavy atom. The van der Waals surface area contributed by atoms with Gasteiger partial charge in [-0.15, -0.1) is 0 Å². The van der Waals surface area contributed by atoms with E-state index < -0.39 is 0 Å². The molecule has 0 aliphatic heterocycles. The zero-order chi connectivity index (χ0) is 13.3. The van der Waals surface area contributed by atoms with E-state index in [9.17, 15) is 0 Å². The number of fused-ring (bicyclic) bond motifs is 1. The maximum absolute atomic E-state index is 5.47. The van der Waals surface area contributed by atoms with E-state index in [2.05, 4.69) is 22.0 Å². The smallest absolute Gasteiger partial charge is 0.161 e. The van der Waals surface area contributed by atoms with Crippen molar-refractivity contribution in [2.75, 3.05) is 21.3 Å². The Morgan fingerprint density at radius 1 is 0.889 bits per heavy atom. The lowest BCUT2D eigenvalue weighted by Gasteiger charge is -2.14. The monoisotopic (exact) mass is 310 g/mol. The second-order valence-corrected chi connectivity index (χ2v) is 4.76. The molecule has 2 aromatic rings.